The quantitative estimate of drug-likeness (QED) is 0.556. The Kier molecular flexibility index (Phi) is 2.46. The van der Waals surface area contributed by atoms with Crippen LogP contribution in [0.1, 0.15) is 13.3 Å². The molecule has 0 radical (unpaired) electrons. The second kappa shape index (κ2) is 3.37. The second-order valence-corrected chi connectivity index (χ2v) is 2.64. The van der Waals surface area contributed by atoms with Crippen LogP contribution < -0.4 is 0 Å². The molecular weight excluding hydrogens is 148 g/mol. The monoisotopic (exact) mass is 158 g/mol. The van der Waals surface area contributed by atoms with Crippen molar-refractivity contribution < 1.29 is 19.1 Å². The van der Waals surface area contributed by atoms with Crippen LogP contribution >= 0.6 is 0 Å². The summed E-state index contributed by atoms with van der Waals surface area (Å²) in [6.07, 6.45) is -0.211. The predicted octanol–water partition coefficient (Wildman–Crippen LogP) is 0.749. The van der Waals surface area contributed by atoms with E-state index >= 15 is 0 Å². The van der Waals surface area contributed by atoms with E-state index in [1.165, 1.54) is 6.92 Å². The molecule has 0 aromatic rings. The molecule has 1 rings (SSSR count). The van der Waals surface area contributed by atoms with Gasteiger partial charge in [-0.2, -0.15) is 0 Å². The molecule has 0 aromatic carbocycles. The third-order valence-electron chi connectivity index (χ3n) is 1.45. The van der Waals surface area contributed by atoms with E-state index < -0.39 is 6.16 Å². The number of ketones is 1. The van der Waals surface area contributed by atoms with Gasteiger partial charge in [-0.05, 0) is 6.92 Å². The summed E-state index contributed by atoms with van der Waals surface area (Å²) in [5.41, 5.74) is 0. The maximum absolute atomic E-state index is 10.6. The first-order valence-electron chi connectivity index (χ1n) is 3.47. The Hall–Kier alpha value is -1.06. The first kappa shape index (κ1) is 8.04. The van der Waals surface area contributed by atoms with Gasteiger partial charge in [0, 0.05) is 12.3 Å². The molecule has 1 saturated heterocycles. The lowest BCUT2D eigenvalue weighted by molar-refractivity contribution is -0.119. The molecule has 1 aliphatic rings. The average Bonchev–Trinajstić information content (AvgIpc) is 1.93. The summed E-state index contributed by atoms with van der Waals surface area (Å²) in [6.45, 7) is 2.12. The van der Waals surface area contributed by atoms with E-state index in [2.05, 4.69) is 9.47 Å². The van der Waals surface area contributed by atoms with E-state index in [1.54, 1.807) is 0 Å². The molecule has 62 valence electrons. The van der Waals surface area contributed by atoms with E-state index in [0.717, 1.165) is 0 Å². The number of Topliss-reactive ketones (excluding diaryl/α,β-unsaturated/α-hetero) is 1. The van der Waals surface area contributed by atoms with Crippen LogP contribution in [0.5, 0.6) is 0 Å². The van der Waals surface area contributed by atoms with Gasteiger partial charge in [0.25, 0.3) is 0 Å². The number of rotatable bonds is 2. The fraction of sp³-hybridized carbons (Fsp3) is 0.714. The average molecular weight is 158 g/mol. The van der Waals surface area contributed by atoms with Gasteiger partial charge in [-0.1, -0.05) is 0 Å². The van der Waals surface area contributed by atoms with Gasteiger partial charge in [0.05, 0.1) is 0 Å². The van der Waals surface area contributed by atoms with Crippen LogP contribution in [0.15, 0.2) is 0 Å². The van der Waals surface area contributed by atoms with E-state index in [-0.39, 0.29) is 11.7 Å². The molecule has 4 heteroatoms. The fourth-order valence-electron chi connectivity index (χ4n) is 0.986. The van der Waals surface area contributed by atoms with Crippen LogP contribution in [-0.4, -0.2) is 25.2 Å². The highest BCUT2D eigenvalue weighted by Gasteiger charge is 2.21. The van der Waals surface area contributed by atoms with Crippen molar-refractivity contribution in [1.82, 2.24) is 0 Å². The molecule has 1 fully saturated rings. The lowest BCUT2D eigenvalue weighted by Crippen LogP contribution is -2.28. The van der Waals surface area contributed by atoms with Crippen molar-refractivity contribution in [2.75, 3.05) is 13.2 Å². The number of hydrogen-bond donors (Lipinski definition) is 0. The molecule has 4 nitrogen and oxygen atoms in total. The molecule has 0 N–H and O–H groups in total. The SMILES string of the molecule is CC(=O)CC1COC(=O)OC1. The Labute approximate surface area is 64.5 Å². The number of carbonyl (C=O) groups is 2. The van der Waals surface area contributed by atoms with Gasteiger partial charge in [-0.15, -0.1) is 0 Å². The minimum Gasteiger partial charge on any atom is -0.434 e. The van der Waals surface area contributed by atoms with Crippen molar-refractivity contribution in [1.29, 1.82) is 0 Å². The molecule has 0 unspecified atom stereocenters. The lowest BCUT2D eigenvalue weighted by Gasteiger charge is -2.20. The van der Waals surface area contributed by atoms with Gasteiger partial charge < -0.3 is 14.3 Å². The van der Waals surface area contributed by atoms with Crippen molar-refractivity contribution >= 4 is 11.9 Å². The Bertz CT molecular complexity index is 165. The first-order valence-corrected chi connectivity index (χ1v) is 3.47. The van der Waals surface area contributed by atoms with Crippen molar-refractivity contribution in [3.8, 4) is 0 Å². The van der Waals surface area contributed by atoms with E-state index in [1.807, 2.05) is 0 Å². The third kappa shape index (κ3) is 2.57. The summed E-state index contributed by atoms with van der Waals surface area (Å²) in [4.78, 5) is 21.0. The van der Waals surface area contributed by atoms with Gasteiger partial charge in [-0.3, -0.25) is 0 Å². The summed E-state index contributed by atoms with van der Waals surface area (Å²) in [5, 5.41) is 0. The zero-order valence-electron chi connectivity index (χ0n) is 6.33. The van der Waals surface area contributed by atoms with E-state index in [9.17, 15) is 9.59 Å². The number of ether oxygens (including phenoxy) is 2. The molecular formula is C7H10O4. The number of carbonyl (C=O) groups excluding carboxylic acids is 2. The Balaban J connectivity index is 2.28. The van der Waals surface area contributed by atoms with Crippen molar-refractivity contribution in [2.45, 2.75) is 13.3 Å². The Morgan fingerprint density at radius 1 is 1.55 bits per heavy atom. The van der Waals surface area contributed by atoms with Gasteiger partial charge in [-0.25, -0.2) is 4.79 Å². The topological polar surface area (TPSA) is 52.6 Å². The van der Waals surface area contributed by atoms with Gasteiger partial charge in [0.2, 0.25) is 0 Å². The molecule has 0 bridgehead atoms. The second-order valence-electron chi connectivity index (χ2n) is 2.64. The van der Waals surface area contributed by atoms with Crippen LogP contribution in [0.4, 0.5) is 4.79 Å². The Morgan fingerprint density at radius 2 is 2.09 bits per heavy atom. The summed E-state index contributed by atoms with van der Waals surface area (Å²) >= 11 is 0. The zero-order valence-corrected chi connectivity index (χ0v) is 6.33. The van der Waals surface area contributed by atoms with Crippen LogP contribution in [-0.2, 0) is 14.3 Å². The number of cyclic esters (lactones) is 2. The predicted molar refractivity (Wildman–Crippen MR) is 36.1 cm³/mol. The first-order chi connectivity index (χ1) is 5.18. The lowest BCUT2D eigenvalue weighted by atomic mass is 10.1. The third-order valence-corrected chi connectivity index (χ3v) is 1.45. The van der Waals surface area contributed by atoms with Crippen molar-refractivity contribution in [2.24, 2.45) is 5.92 Å². The largest absolute Gasteiger partial charge is 0.508 e. The maximum atomic E-state index is 10.6. The molecule has 0 atom stereocenters. The molecule has 1 heterocycles. The van der Waals surface area contributed by atoms with Crippen LogP contribution in [0, 0.1) is 5.92 Å². The van der Waals surface area contributed by atoms with Crippen molar-refractivity contribution in [3.63, 3.8) is 0 Å². The van der Waals surface area contributed by atoms with Gasteiger partial charge >= 0.3 is 6.16 Å². The Morgan fingerprint density at radius 3 is 2.55 bits per heavy atom. The highest BCUT2D eigenvalue weighted by atomic mass is 16.7. The summed E-state index contributed by atoms with van der Waals surface area (Å²) in [6, 6.07) is 0. The molecule has 0 aliphatic carbocycles. The van der Waals surface area contributed by atoms with E-state index in [4.69, 9.17) is 0 Å². The van der Waals surface area contributed by atoms with Gasteiger partial charge in [0.1, 0.15) is 19.0 Å². The molecule has 0 spiro atoms. The minimum atomic E-state index is -0.634. The fourth-order valence-corrected chi connectivity index (χ4v) is 0.986. The summed E-state index contributed by atoms with van der Waals surface area (Å²) < 4.78 is 9.16. The van der Waals surface area contributed by atoms with Crippen LogP contribution in [0.3, 0.4) is 0 Å². The number of hydrogen-bond acceptors (Lipinski definition) is 4. The molecule has 0 aromatic heterocycles. The summed E-state index contributed by atoms with van der Waals surface area (Å²) in [5.74, 6) is 0.141. The zero-order chi connectivity index (χ0) is 8.27. The standard InChI is InChI=1S/C7H10O4/c1-5(8)2-6-3-10-7(9)11-4-6/h6H,2-4H2,1H3. The normalized spacial score (nSPS) is 18.8. The molecule has 0 saturated carbocycles. The van der Waals surface area contributed by atoms with E-state index in [0.29, 0.717) is 19.6 Å². The molecule has 11 heavy (non-hydrogen) atoms. The smallest absolute Gasteiger partial charge is 0.434 e. The highest BCUT2D eigenvalue weighted by molar-refractivity contribution is 5.75. The molecule has 0 amide bonds. The van der Waals surface area contributed by atoms with Crippen LogP contribution in [0.25, 0.3) is 0 Å². The van der Waals surface area contributed by atoms with Crippen molar-refractivity contribution in [3.05, 3.63) is 0 Å². The van der Waals surface area contributed by atoms with Crippen LogP contribution in [0.2, 0.25) is 0 Å². The molecule has 1 aliphatic heterocycles. The van der Waals surface area contributed by atoms with Gasteiger partial charge in [0.15, 0.2) is 0 Å². The highest BCUT2D eigenvalue weighted by Crippen LogP contribution is 2.11. The summed E-state index contributed by atoms with van der Waals surface area (Å²) in [7, 11) is 0. The minimum absolute atomic E-state index is 0.0465. The maximum Gasteiger partial charge on any atom is 0.508 e.